The second-order valence-corrected chi connectivity index (χ2v) is 1.02. The molecule has 0 saturated carbocycles. The lowest BCUT2D eigenvalue weighted by Crippen LogP contribution is -2.23. The van der Waals surface area contributed by atoms with E-state index in [9.17, 15) is 4.79 Å². The van der Waals surface area contributed by atoms with Crippen LogP contribution in [0.4, 0.5) is 4.79 Å². The van der Waals surface area contributed by atoms with Crippen molar-refractivity contribution in [3.8, 4) is 0 Å². The van der Waals surface area contributed by atoms with E-state index in [1.54, 1.807) is 0 Å². The fourth-order valence-electron chi connectivity index (χ4n) is 0.217. The lowest BCUT2D eigenvalue weighted by Gasteiger charge is -1.95. The maximum atomic E-state index is 10.1. The standard InChI is InChI=1S/C3H8BNO2/c1-7-3(6)5-2-4/h2,4H2,1H3,(H,5,6). The Morgan fingerprint density at radius 3 is 2.71 bits per heavy atom. The zero-order valence-electron chi connectivity index (χ0n) is 4.52. The second kappa shape index (κ2) is 3.52. The summed E-state index contributed by atoms with van der Waals surface area (Å²) in [7, 11) is 3.17. The molecule has 0 atom stereocenters. The zero-order chi connectivity index (χ0) is 5.70. The van der Waals surface area contributed by atoms with Gasteiger partial charge in [0.05, 0.1) is 7.11 Å². The number of ether oxygens (including phenoxy) is 1. The van der Waals surface area contributed by atoms with Gasteiger partial charge in [-0.15, -0.1) is 0 Å². The van der Waals surface area contributed by atoms with E-state index < -0.39 is 0 Å². The molecule has 0 spiro atoms. The molecule has 0 aliphatic rings. The molecule has 0 bridgehead atoms. The third-order valence-electron chi connectivity index (χ3n) is 0.507. The van der Waals surface area contributed by atoms with Crippen molar-refractivity contribution < 1.29 is 9.53 Å². The minimum atomic E-state index is -0.373. The van der Waals surface area contributed by atoms with Gasteiger partial charge in [0.1, 0.15) is 7.85 Å². The molecule has 0 fully saturated rings. The Hall–Kier alpha value is -0.665. The normalized spacial score (nSPS) is 7.57. The van der Waals surface area contributed by atoms with Crippen molar-refractivity contribution in [3.05, 3.63) is 0 Å². The average molecular weight is 101 g/mol. The molecule has 0 aliphatic carbocycles. The van der Waals surface area contributed by atoms with Gasteiger partial charge >= 0.3 is 6.09 Å². The summed E-state index contributed by atoms with van der Waals surface area (Å²) in [4.78, 5) is 10.1. The minimum Gasteiger partial charge on any atom is -0.453 e. The van der Waals surface area contributed by atoms with Gasteiger partial charge in [0.2, 0.25) is 0 Å². The van der Waals surface area contributed by atoms with Crippen molar-refractivity contribution in [2.75, 3.05) is 13.6 Å². The number of alkyl carbamates (subject to hydrolysis) is 1. The Balaban J connectivity index is 3.00. The van der Waals surface area contributed by atoms with Gasteiger partial charge in [-0.2, -0.15) is 0 Å². The van der Waals surface area contributed by atoms with Gasteiger partial charge in [-0.1, -0.05) is 0 Å². The van der Waals surface area contributed by atoms with Gasteiger partial charge in [0.25, 0.3) is 0 Å². The average Bonchev–Trinajstić information content (AvgIpc) is 1.68. The fraction of sp³-hybridized carbons (Fsp3) is 0.667. The molecule has 0 unspecified atom stereocenters. The van der Waals surface area contributed by atoms with Crippen LogP contribution in [0.25, 0.3) is 0 Å². The monoisotopic (exact) mass is 101 g/mol. The van der Waals surface area contributed by atoms with Gasteiger partial charge < -0.3 is 10.1 Å². The molecule has 0 aromatic rings. The molecular weight excluding hydrogens is 92.8 g/mol. The lowest BCUT2D eigenvalue weighted by molar-refractivity contribution is 0.173. The number of rotatable bonds is 1. The van der Waals surface area contributed by atoms with E-state index >= 15 is 0 Å². The third kappa shape index (κ3) is 3.16. The van der Waals surface area contributed by atoms with Crippen LogP contribution in [0.5, 0.6) is 0 Å². The van der Waals surface area contributed by atoms with Gasteiger partial charge in [0.15, 0.2) is 0 Å². The molecule has 0 radical (unpaired) electrons. The highest BCUT2D eigenvalue weighted by Gasteiger charge is 1.89. The first-order chi connectivity index (χ1) is 3.31. The summed E-state index contributed by atoms with van der Waals surface area (Å²) in [6, 6.07) is 0. The number of methoxy groups -OCH3 is 1. The summed E-state index contributed by atoms with van der Waals surface area (Å²) in [6.45, 7) is 0. The van der Waals surface area contributed by atoms with Crippen molar-refractivity contribution >= 4 is 13.9 Å². The van der Waals surface area contributed by atoms with Crippen molar-refractivity contribution in [3.63, 3.8) is 0 Å². The van der Waals surface area contributed by atoms with Gasteiger partial charge in [-0.25, -0.2) is 4.79 Å². The summed E-state index contributed by atoms with van der Waals surface area (Å²) in [6.07, 6.45) is 0.245. The molecule has 0 aliphatic heterocycles. The Morgan fingerprint density at radius 1 is 2.00 bits per heavy atom. The second-order valence-electron chi connectivity index (χ2n) is 1.02. The summed E-state index contributed by atoms with van der Waals surface area (Å²) in [5.74, 6) is 0. The van der Waals surface area contributed by atoms with E-state index in [0.717, 1.165) is 0 Å². The Morgan fingerprint density at radius 2 is 2.57 bits per heavy atom. The molecule has 1 amide bonds. The Labute approximate surface area is 43.4 Å². The van der Waals surface area contributed by atoms with E-state index in [1.807, 2.05) is 7.85 Å². The van der Waals surface area contributed by atoms with Crippen LogP contribution in [0.2, 0.25) is 0 Å². The molecule has 0 aromatic carbocycles. The van der Waals surface area contributed by atoms with Crippen LogP contribution in [-0.2, 0) is 4.74 Å². The third-order valence-corrected chi connectivity index (χ3v) is 0.507. The van der Waals surface area contributed by atoms with E-state index in [4.69, 9.17) is 0 Å². The molecule has 4 heteroatoms. The van der Waals surface area contributed by atoms with Crippen LogP contribution in [-0.4, -0.2) is 27.5 Å². The summed E-state index contributed by atoms with van der Waals surface area (Å²) in [5, 5.41) is 2.43. The van der Waals surface area contributed by atoms with E-state index in [2.05, 4.69) is 10.1 Å². The molecule has 1 N–H and O–H groups in total. The lowest BCUT2D eigenvalue weighted by atomic mass is 10.2. The van der Waals surface area contributed by atoms with Crippen LogP contribution in [0.1, 0.15) is 0 Å². The number of amides is 1. The van der Waals surface area contributed by atoms with Gasteiger partial charge in [-0.05, 0) is 6.44 Å². The highest BCUT2D eigenvalue weighted by atomic mass is 16.5. The number of nitrogens with one attached hydrogen (secondary N) is 1. The zero-order valence-corrected chi connectivity index (χ0v) is 4.52. The maximum absolute atomic E-state index is 10.1. The van der Waals surface area contributed by atoms with Crippen LogP contribution < -0.4 is 5.32 Å². The molecule has 40 valence electrons. The molecule has 7 heavy (non-hydrogen) atoms. The molecule has 0 rings (SSSR count). The van der Waals surface area contributed by atoms with Crippen molar-refractivity contribution in [1.29, 1.82) is 0 Å². The highest BCUT2D eigenvalue weighted by molar-refractivity contribution is 6.09. The predicted molar refractivity (Wildman–Crippen MR) is 29.0 cm³/mol. The van der Waals surface area contributed by atoms with Gasteiger partial charge in [-0.3, -0.25) is 0 Å². The van der Waals surface area contributed by atoms with Crippen molar-refractivity contribution in [2.24, 2.45) is 0 Å². The first kappa shape index (κ1) is 6.33. The van der Waals surface area contributed by atoms with Gasteiger partial charge in [0, 0.05) is 0 Å². The highest BCUT2D eigenvalue weighted by Crippen LogP contribution is 1.64. The van der Waals surface area contributed by atoms with Crippen LogP contribution in [0, 0.1) is 0 Å². The number of hydrogen-bond donors (Lipinski definition) is 1. The molecule has 0 saturated heterocycles. The van der Waals surface area contributed by atoms with E-state index in [-0.39, 0.29) is 6.09 Å². The molecule has 3 nitrogen and oxygen atoms in total. The Bertz CT molecular complexity index is 66.0. The maximum Gasteiger partial charge on any atom is 0.406 e. The van der Waals surface area contributed by atoms with Crippen LogP contribution >= 0.6 is 0 Å². The first-order valence-corrected chi connectivity index (χ1v) is 2.13. The minimum absolute atomic E-state index is 0.373. The number of hydrogen-bond acceptors (Lipinski definition) is 2. The van der Waals surface area contributed by atoms with E-state index in [1.165, 1.54) is 7.11 Å². The Kier molecular flexibility index (Phi) is 3.19. The van der Waals surface area contributed by atoms with Crippen molar-refractivity contribution in [1.82, 2.24) is 5.32 Å². The summed E-state index contributed by atoms with van der Waals surface area (Å²) >= 11 is 0. The topological polar surface area (TPSA) is 38.3 Å². The largest absolute Gasteiger partial charge is 0.453 e. The number of carbonyl (C=O) groups is 1. The quantitative estimate of drug-likeness (QED) is 0.427. The van der Waals surface area contributed by atoms with Crippen LogP contribution in [0.3, 0.4) is 0 Å². The molecular formula is C3H8BNO2. The fourth-order valence-corrected chi connectivity index (χ4v) is 0.217. The smallest absolute Gasteiger partial charge is 0.406 e. The molecule has 0 aromatic heterocycles. The number of carbonyl (C=O) groups excluding carboxylic acids is 1. The summed E-state index contributed by atoms with van der Waals surface area (Å²) < 4.78 is 4.24. The molecule has 0 heterocycles. The van der Waals surface area contributed by atoms with Crippen LogP contribution in [0.15, 0.2) is 0 Å². The first-order valence-electron chi connectivity index (χ1n) is 2.13. The summed E-state index contributed by atoms with van der Waals surface area (Å²) in [5.41, 5.74) is 0. The van der Waals surface area contributed by atoms with E-state index in [0.29, 0.717) is 6.44 Å². The van der Waals surface area contributed by atoms with Crippen molar-refractivity contribution in [2.45, 2.75) is 0 Å². The predicted octanol–water partition coefficient (Wildman–Crippen LogP) is -1.07. The SMILES string of the molecule is BCNC(=O)OC.